The van der Waals surface area contributed by atoms with Gasteiger partial charge < -0.3 is 19.7 Å². The van der Waals surface area contributed by atoms with Crippen LogP contribution in [-0.4, -0.2) is 54.8 Å². The number of hydrogen-bond acceptors (Lipinski definition) is 7. The second kappa shape index (κ2) is 12.9. The average Bonchev–Trinajstić information content (AvgIpc) is 3.29. The van der Waals surface area contributed by atoms with Crippen molar-refractivity contribution >= 4 is 68.6 Å². The first-order valence-corrected chi connectivity index (χ1v) is 15.0. The number of anilines is 2. The van der Waals surface area contributed by atoms with Gasteiger partial charge in [0.2, 0.25) is 5.91 Å². The van der Waals surface area contributed by atoms with E-state index in [1.807, 2.05) is 72.8 Å². The van der Waals surface area contributed by atoms with E-state index in [4.69, 9.17) is 21.1 Å². The van der Waals surface area contributed by atoms with Gasteiger partial charge in [-0.1, -0.05) is 66.2 Å². The smallest absolute Gasteiger partial charge is 0.294 e. The number of ether oxygens (including phenoxy) is 2. The fourth-order valence-electron chi connectivity index (χ4n) is 5.05. The molecule has 0 unspecified atom stereocenters. The Morgan fingerprint density at radius 3 is 2.51 bits per heavy atom. The quantitative estimate of drug-likeness (QED) is 0.225. The lowest BCUT2D eigenvalue weighted by Crippen LogP contribution is -2.38. The Morgan fingerprint density at radius 2 is 1.70 bits per heavy atom. The number of fused-ring (bicyclic) bond motifs is 1. The monoisotopic (exact) mass is 613 g/mol. The van der Waals surface area contributed by atoms with E-state index in [2.05, 4.69) is 10.2 Å². The van der Waals surface area contributed by atoms with Crippen LogP contribution >= 0.6 is 23.4 Å². The molecule has 0 saturated carbocycles. The summed E-state index contributed by atoms with van der Waals surface area (Å²) in [5.74, 6) is -0.414. The molecule has 2 aliphatic rings. The molecule has 43 heavy (non-hydrogen) atoms. The van der Waals surface area contributed by atoms with Crippen molar-refractivity contribution in [1.29, 1.82) is 0 Å². The lowest BCUT2D eigenvalue weighted by Gasteiger charge is -2.30. The Kier molecular flexibility index (Phi) is 8.64. The van der Waals surface area contributed by atoms with Crippen LogP contribution < -0.4 is 15.0 Å². The molecule has 8 nitrogen and oxygen atoms in total. The number of benzene rings is 4. The highest BCUT2D eigenvalue weighted by molar-refractivity contribution is 8.18. The minimum atomic E-state index is -0.525. The number of nitrogens with one attached hydrogen (secondary N) is 1. The minimum absolute atomic E-state index is 0.221. The first-order valence-electron chi connectivity index (χ1n) is 13.8. The van der Waals surface area contributed by atoms with E-state index in [0.29, 0.717) is 54.9 Å². The normalized spacial score (nSPS) is 16.3. The van der Waals surface area contributed by atoms with Crippen LogP contribution in [0.5, 0.6) is 5.75 Å². The number of imide groups is 1. The van der Waals surface area contributed by atoms with E-state index in [1.54, 1.807) is 18.2 Å². The maximum atomic E-state index is 13.4. The van der Waals surface area contributed by atoms with Gasteiger partial charge in [-0.3, -0.25) is 19.3 Å². The summed E-state index contributed by atoms with van der Waals surface area (Å²) < 4.78 is 11.6. The summed E-state index contributed by atoms with van der Waals surface area (Å²) in [6, 6.07) is 26.4. The Hall–Kier alpha value is -4.31. The van der Waals surface area contributed by atoms with Gasteiger partial charge in [-0.25, -0.2) is 0 Å². The molecule has 1 N–H and O–H groups in total. The molecule has 0 aliphatic carbocycles. The first-order chi connectivity index (χ1) is 21.0. The van der Waals surface area contributed by atoms with Gasteiger partial charge in [-0.2, -0.15) is 0 Å². The summed E-state index contributed by atoms with van der Waals surface area (Å²) >= 11 is 6.83. The predicted octanol–water partition coefficient (Wildman–Crippen LogP) is 6.58. The number of para-hydroxylation sites is 2. The molecular formula is C33H28ClN3O5S. The van der Waals surface area contributed by atoms with Crippen molar-refractivity contribution in [3.63, 3.8) is 0 Å². The maximum absolute atomic E-state index is 13.4. The molecule has 2 aliphatic heterocycles. The van der Waals surface area contributed by atoms with E-state index in [1.165, 1.54) is 0 Å². The third-order valence-corrected chi connectivity index (χ3v) is 8.38. The molecule has 2 saturated heterocycles. The lowest BCUT2D eigenvalue weighted by atomic mass is 10.0. The van der Waals surface area contributed by atoms with Crippen molar-refractivity contribution in [3.8, 4) is 5.75 Å². The molecule has 4 aromatic carbocycles. The number of halogens is 1. The van der Waals surface area contributed by atoms with Crippen LogP contribution in [0.3, 0.4) is 0 Å². The molecule has 3 amide bonds. The van der Waals surface area contributed by atoms with Crippen molar-refractivity contribution in [2.24, 2.45) is 0 Å². The topological polar surface area (TPSA) is 88.2 Å². The first kappa shape index (κ1) is 28.8. The zero-order valence-corrected chi connectivity index (χ0v) is 24.7. The molecule has 0 bridgehead atoms. The molecule has 218 valence electrons. The Bertz CT molecular complexity index is 1720. The van der Waals surface area contributed by atoms with Gasteiger partial charge in [0.1, 0.15) is 18.9 Å². The lowest BCUT2D eigenvalue weighted by molar-refractivity contribution is -0.127. The summed E-state index contributed by atoms with van der Waals surface area (Å²) in [5, 5.41) is 4.86. The molecule has 0 aromatic heterocycles. The second-order valence-electron chi connectivity index (χ2n) is 10.0. The van der Waals surface area contributed by atoms with Crippen LogP contribution in [0.25, 0.3) is 16.8 Å². The fraction of sp³-hybridized carbons (Fsp3) is 0.182. The largest absolute Gasteiger partial charge is 0.488 e. The molecule has 0 spiro atoms. The highest BCUT2D eigenvalue weighted by Crippen LogP contribution is 2.37. The number of carbonyl (C=O) groups is 3. The predicted molar refractivity (Wildman–Crippen MR) is 171 cm³/mol. The summed E-state index contributed by atoms with van der Waals surface area (Å²) in [7, 11) is 0. The van der Waals surface area contributed by atoms with Crippen molar-refractivity contribution in [3.05, 3.63) is 106 Å². The number of hydrogen-bond donors (Lipinski definition) is 1. The molecule has 4 aromatic rings. The van der Waals surface area contributed by atoms with Gasteiger partial charge in [-0.15, -0.1) is 0 Å². The van der Waals surface area contributed by atoms with Gasteiger partial charge in [0.15, 0.2) is 0 Å². The van der Waals surface area contributed by atoms with Crippen LogP contribution in [-0.2, 0) is 20.9 Å². The highest BCUT2D eigenvalue weighted by atomic mass is 35.5. The number of carbonyl (C=O) groups excluding carboxylic acids is 3. The molecular weight excluding hydrogens is 586 g/mol. The molecule has 2 heterocycles. The summed E-state index contributed by atoms with van der Waals surface area (Å²) in [6.45, 7) is 2.53. The molecule has 6 rings (SSSR count). The number of nitrogens with zero attached hydrogens (tertiary/aromatic N) is 2. The zero-order valence-electron chi connectivity index (χ0n) is 23.1. The Labute approximate surface area is 258 Å². The molecule has 0 radical (unpaired) electrons. The number of amides is 3. The summed E-state index contributed by atoms with van der Waals surface area (Å²) in [4.78, 5) is 42.8. The van der Waals surface area contributed by atoms with E-state index in [0.717, 1.165) is 38.7 Å². The fourth-order valence-corrected chi connectivity index (χ4v) is 6.00. The standard InChI is InChI=1S/C33H28ClN3O5S/c34-24-12-9-22(10-13-24)21-42-29-14-11-23-5-1-2-6-25(23)26(29)19-30-32(39)37(33(40)43-30)20-31(38)35-27-7-3-4-8-28(27)36-15-17-41-18-16-36/h1-14,19H,15-18,20-21H2,(H,35,38)/b30-19+. The van der Waals surface area contributed by atoms with Gasteiger partial charge >= 0.3 is 0 Å². The molecule has 10 heteroatoms. The highest BCUT2D eigenvalue weighted by Gasteiger charge is 2.36. The third-order valence-electron chi connectivity index (χ3n) is 7.22. The summed E-state index contributed by atoms with van der Waals surface area (Å²) in [6.07, 6.45) is 1.68. The van der Waals surface area contributed by atoms with Crippen LogP contribution in [0.4, 0.5) is 16.2 Å². The molecule has 2 fully saturated rings. The maximum Gasteiger partial charge on any atom is 0.294 e. The minimum Gasteiger partial charge on any atom is -0.488 e. The van der Waals surface area contributed by atoms with Crippen molar-refractivity contribution in [1.82, 2.24) is 4.90 Å². The van der Waals surface area contributed by atoms with E-state index in [-0.39, 0.29) is 4.91 Å². The SMILES string of the molecule is O=C(CN1C(=O)S/C(=C/c2c(OCc3ccc(Cl)cc3)ccc3ccccc23)C1=O)Nc1ccccc1N1CCOCC1. The van der Waals surface area contributed by atoms with Gasteiger partial charge in [0, 0.05) is 23.7 Å². The van der Waals surface area contributed by atoms with Crippen molar-refractivity contribution in [2.45, 2.75) is 6.61 Å². The number of morpholine rings is 1. The van der Waals surface area contributed by atoms with Crippen LogP contribution in [0, 0.1) is 0 Å². The van der Waals surface area contributed by atoms with Gasteiger partial charge in [-0.05, 0) is 64.5 Å². The van der Waals surface area contributed by atoms with Crippen LogP contribution in [0.15, 0.2) is 89.8 Å². The molecule has 0 atom stereocenters. The van der Waals surface area contributed by atoms with Crippen LogP contribution in [0.2, 0.25) is 5.02 Å². The zero-order chi connectivity index (χ0) is 29.8. The van der Waals surface area contributed by atoms with Gasteiger partial charge in [0.25, 0.3) is 11.1 Å². The van der Waals surface area contributed by atoms with Crippen LogP contribution in [0.1, 0.15) is 11.1 Å². The average molecular weight is 614 g/mol. The van der Waals surface area contributed by atoms with E-state index in [9.17, 15) is 14.4 Å². The van der Waals surface area contributed by atoms with E-state index < -0.39 is 23.6 Å². The second-order valence-corrected chi connectivity index (χ2v) is 11.5. The Balaban J connectivity index is 1.21. The van der Waals surface area contributed by atoms with Gasteiger partial charge in [0.05, 0.1) is 29.5 Å². The van der Waals surface area contributed by atoms with Crippen molar-refractivity contribution < 1.29 is 23.9 Å². The third kappa shape index (κ3) is 6.54. The van der Waals surface area contributed by atoms with E-state index >= 15 is 0 Å². The number of rotatable bonds is 8. The summed E-state index contributed by atoms with van der Waals surface area (Å²) in [5.41, 5.74) is 3.11. The van der Waals surface area contributed by atoms with Crippen molar-refractivity contribution in [2.75, 3.05) is 43.1 Å². The number of thioether (sulfide) groups is 1. The Morgan fingerprint density at radius 1 is 0.953 bits per heavy atom.